The molecule has 19 heavy (non-hydrogen) atoms. The zero-order valence-corrected chi connectivity index (χ0v) is 11.5. The summed E-state index contributed by atoms with van der Waals surface area (Å²) in [6.45, 7) is 2.17. The lowest BCUT2D eigenvalue weighted by Gasteiger charge is -2.09. The molecule has 0 aliphatic rings. The lowest BCUT2D eigenvalue weighted by molar-refractivity contribution is 0.922. The summed E-state index contributed by atoms with van der Waals surface area (Å²) in [7, 11) is 0. The van der Waals surface area contributed by atoms with Crippen molar-refractivity contribution in [3.63, 3.8) is 0 Å². The van der Waals surface area contributed by atoms with Crippen LogP contribution < -0.4 is 5.32 Å². The predicted octanol–water partition coefficient (Wildman–Crippen LogP) is 4.91. The van der Waals surface area contributed by atoms with Gasteiger partial charge in [-0.25, -0.2) is 0 Å². The van der Waals surface area contributed by atoms with Gasteiger partial charge in [0.15, 0.2) is 0 Å². The molecule has 2 aromatic rings. The normalized spacial score (nSPS) is 9.95. The van der Waals surface area contributed by atoms with Crippen molar-refractivity contribution in [3.05, 3.63) is 58.6 Å². The fourth-order valence-electron chi connectivity index (χ4n) is 1.92. The van der Waals surface area contributed by atoms with E-state index < -0.39 is 0 Å². The van der Waals surface area contributed by atoms with Gasteiger partial charge in [-0.1, -0.05) is 37.1 Å². The Bertz CT molecular complexity index is 597. The van der Waals surface area contributed by atoms with Crippen LogP contribution in [0.3, 0.4) is 0 Å². The van der Waals surface area contributed by atoms with Crippen molar-refractivity contribution in [2.24, 2.45) is 0 Å². The molecule has 3 heteroatoms. The quantitative estimate of drug-likeness (QED) is 0.857. The molecule has 2 nitrogen and oxygen atoms in total. The van der Waals surface area contributed by atoms with Gasteiger partial charge in [-0.2, -0.15) is 5.26 Å². The molecule has 0 aromatic heterocycles. The lowest BCUT2D eigenvalue weighted by Crippen LogP contribution is -1.94. The van der Waals surface area contributed by atoms with Crippen molar-refractivity contribution >= 4 is 23.0 Å². The summed E-state index contributed by atoms with van der Waals surface area (Å²) in [6, 6.07) is 15.7. The molecule has 0 radical (unpaired) electrons. The van der Waals surface area contributed by atoms with Crippen LogP contribution in [0.1, 0.15) is 24.5 Å². The van der Waals surface area contributed by atoms with Crippen molar-refractivity contribution in [3.8, 4) is 6.07 Å². The Morgan fingerprint density at radius 1 is 1.16 bits per heavy atom. The second kappa shape index (κ2) is 6.26. The Labute approximate surface area is 118 Å². The van der Waals surface area contributed by atoms with Gasteiger partial charge in [-0.3, -0.25) is 0 Å². The Morgan fingerprint density at radius 2 is 1.89 bits per heavy atom. The molecular formula is C16H15ClN2. The molecule has 0 saturated carbocycles. The molecule has 0 aliphatic carbocycles. The minimum absolute atomic E-state index is 0.546. The van der Waals surface area contributed by atoms with E-state index in [2.05, 4.69) is 30.4 Å². The summed E-state index contributed by atoms with van der Waals surface area (Å²) in [5.74, 6) is 0. The van der Waals surface area contributed by atoms with E-state index in [-0.39, 0.29) is 0 Å². The van der Waals surface area contributed by atoms with E-state index in [1.165, 1.54) is 5.56 Å². The SMILES string of the molecule is CCCc1ccc(Nc2ccc(Cl)cc2C#N)cc1. The zero-order chi connectivity index (χ0) is 13.7. The number of aryl methyl sites for hydroxylation is 1. The fraction of sp³-hybridized carbons (Fsp3) is 0.188. The molecule has 2 rings (SSSR count). The molecule has 0 bridgehead atoms. The fourth-order valence-corrected chi connectivity index (χ4v) is 2.09. The van der Waals surface area contributed by atoms with Crippen molar-refractivity contribution in [2.45, 2.75) is 19.8 Å². The van der Waals surface area contributed by atoms with E-state index in [1.54, 1.807) is 12.1 Å². The number of benzene rings is 2. The van der Waals surface area contributed by atoms with Gasteiger partial charge in [0, 0.05) is 10.7 Å². The van der Waals surface area contributed by atoms with Crippen molar-refractivity contribution in [1.29, 1.82) is 5.26 Å². The Morgan fingerprint density at radius 3 is 2.53 bits per heavy atom. The number of anilines is 2. The van der Waals surface area contributed by atoms with Gasteiger partial charge in [-0.15, -0.1) is 0 Å². The van der Waals surface area contributed by atoms with Crippen LogP contribution in [0.5, 0.6) is 0 Å². The molecule has 0 fully saturated rings. The molecule has 2 aromatic carbocycles. The number of hydrogen-bond acceptors (Lipinski definition) is 2. The Balaban J connectivity index is 2.19. The van der Waals surface area contributed by atoms with Gasteiger partial charge in [0.25, 0.3) is 0 Å². The number of nitriles is 1. The summed E-state index contributed by atoms with van der Waals surface area (Å²) in [6.07, 6.45) is 2.23. The van der Waals surface area contributed by atoms with Crippen LogP contribution in [-0.4, -0.2) is 0 Å². The van der Waals surface area contributed by atoms with Crippen LogP contribution in [0.15, 0.2) is 42.5 Å². The first kappa shape index (κ1) is 13.5. The van der Waals surface area contributed by atoms with Crippen LogP contribution in [0.4, 0.5) is 11.4 Å². The summed E-state index contributed by atoms with van der Waals surface area (Å²) >= 11 is 5.88. The number of rotatable bonds is 4. The van der Waals surface area contributed by atoms with Crippen LogP contribution in [0, 0.1) is 11.3 Å². The average molecular weight is 271 g/mol. The standard InChI is InChI=1S/C16H15ClN2/c1-2-3-12-4-7-15(8-5-12)19-16-9-6-14(17)10-13(16)11-18/h4-10,19H,2-3H2,1H3. The summed E-state index contributed by atoms with van der Waals surface area (Å²) < 4.78 is 0. The van der Waals surface area contributed by atoms with Crippen LogP contribution in [0.2, 0.25) is 5.02 Å². The third kappa shape index (κ3) is 3.49. The Kier molecular flexibility index (Phi) is 4.43. The first-order valence-electron chi connectivity index (χ1n) is 6.28. The highest BCUT2D eigenvalue weighted by atomic mass is 35.5. The second-order valence-electron chi connectivity index (χ2n) is 4.37. The molecular weight excluding hydrogens is 256 g/mol. The van der Waals surface area contributed by atoms with Crippen LogP contribution in [0.25, 0.3) is 0 Å². The molecule has 0 saturated heterocycles. The summed E-state index contributed by atoms with van der Waals surface area (Å²) in [5.41, 5.74) is 3.61. The number of nitrogens with zero attached hydrogens (tertiary/aromatic N) is 1. The molecule has 0 heterocycles. The van der Waals surface area contributed by atoms with Gasteiger partial charge in [0.05, 0.1) is 11.3 Å². The van der Waals surface area contributed by atoms with Gasteiger partial charge in [-0.05, 0) is 42.3 Å². The average Bonchev–Trinajstić information content (AvgIpc) is 2.43. The maximum Gasteiger partial charge on any atom is 0.101 e. The number of halogens is 1. The third-order valence-electron chi connectivity index (χ3n) is 2.87. The largest absolute Gasteiger partial charge is 0.354 e. The lowest BCUT2D eigenvalue weighted by atomic mass is 10.1. The molecule has 96 valence electrons. The first-order chi connectivity index (χ1) is 9.22. The van der Waals surface area contributed by atoms with Crippen LogP contribution in [-0.2, 0) is 6.42 Å². The monoisotopic (exact) mass is 270 g/mol. The highest BCUT2D eigenvalue weighted by Crippen LogP contribution is 2.24. The first-order valence-corrected chi connectivity index (χ1v) is 6.66. The highest BCUT2D eigenvalue weighted by molar-refractivity contribution is 6.30. The van der Waals surface area contributed by atoms with E-state index >= 15 is 0 Å². The van der Waals surface area contributed by atoms with Gasteiger partial charge >= 0.3 is 0 Å². The minimum Gasteiger partial charge on any atom is -0.354 e. The highest BCUT2D eigenvalue weighted by Gasteiger charge is 2.03. The molecule has 0 amide bonds. The summed E-state index contributed by atoms with van der Waals surface area (Å²) in [4.78, 5) is 0. The minimum atomic E-state index is 0.546. The van der Waals surface area contributed by atoms with Gasteiger partial charge in [0.2, 0.25) is 0 Å². The van der Waals surface area contributed by atoms with Crippen molar-refractivity contribution in [2.75, 3.05) is 5.32 Å². The third-order valence-corrected chi connectivity index (χ3v) is 3.11. The van der Waals surface area contributed by atoms with Crippen LogP contribution >= 0.6 is 11.6 Å². The molecule has 0 aliphatic heterocycles. The van der Waals surface area contributed by atoms with E-state index in [9.17, 15) is 0 Å². The smallest absolute Gasteiger partial charge is 0.101 e. The van der Waals surface area contributed by atoms with E-state index in [0.717, 1.165) is 24.2 Å². The van der Waals surface area contributed by atoms with E-state index in [4.69, 9.17) is 16.9 Å². The zero-order valence-electron chi connectivity index (χ0n) is 10.8. The molecule has 0 unspecified atom stereocenters. The molecule has 0 atom stereocenters. The maximum absolute atomic E-state index is 9.09. The molecule has 0 spiro atoms. The topological polar surface area (TPSA) is 35.8 Å². The van der Waals surface area contributed by atoms with E-state index in [1.807, 2.05) is 18.2 Å². The second-order valence-corrected chi connectivity index (χ2v) is 4.81. The Hall–Kier alpha value is -1.98. The maximum atomic E-state index is 9.09. The predicted molar refractivity (Wildman–Crippen MR) is 79.9 cm³/mol. The van der Waals surface area contributed by atoms with Gasteiger partial charge < -0.3 is 5.32 Å². The van der Waals surface area contributed by atoms with E-state index in [0.29, 0.717) is 10.6 Å². The van der Waals surface area contributed by atoms with Gasteiger partial charge in [0.1, 0.15) is 6.07 Å². The van der Waals surface area contributed by atoms with Crippen molar-refractivity contribution in [1.82, 2.24) is 0 Å². The van der Waals surface area contributed by atoms with Crippen molar-refractivity contribution < 1.29 is 0 Å². The number of hydrogen-bond donors (Lipinski definition) is 1. The molecule has 1 N–H and O–H groups in total. The number of nitrogens with one attached hydrogen (secondary N) is 1. The summed E-state index contributed by atoms with van der Waals surface area (Å²) in [5, 5.41) is 12.9.